The summed E-state index contributed by atoms with van der Waals surface area (Å²) in [5.74, 6) is 2.59. The van der Waals surface area contributed by atoms with Gasteiger partial charge in [0, 0.05) is 5.56 Å². The Hall–Kier alpha value is -1.70. The molecular weight excluding hydrogens is 398 g/mol. The third-order valence-corrected chi connectivity index (χ3v) is 8.54. The number of unbranched alkanes of at least 4 members (excludes halogenated alkanes) is 2. The molecule has 0 spiro atoms. The van der Waals surface area contributed by atoms with Crippen LogP contribution in [-0.4, -0.2) is 0 Å². The van der Waals surface area contributed by atoms with Crippen LogP contribution in [0.2, 0.25) is 0 Å². The normalized spacial score (nSPS) is 26.2. The molecule has 0 aliphatic heterocycles. The molecule has 0 heterocycles. The van der Waals surface area contributed by atoms with Crippen molar-refractivity contribution in [1.82, 2.24) is 0 Å². The Morgan fingerprint density at radius 1 is 0.719 bits per heavy atom. The first-order valence-electron chi connectivity index (χ1n) is 13.1. The lowest BCUT2D eigenvalue weighted by Crippen LogP contribution is -2.25. The number of hydrogen-bond acceptors (Lipinski definition) is 0. The van der Waals surface area contributed by atoms with Crippen LogP contribution in [0.1, 0.15) is 101 Å². The number of rotatable bonds is 7. The van der Waals surface area contributed by atoms with E-state index in [1.807, 2.05) is 12.1 Å². The quantitative estimate of drug-likeness (QED) is 0.377. The Labute approximate surface area is 193 Å². The molecule has 32 heavy (non-hydrogen) atoms. The van der Waals surface area contributed by atoms with Crippen molar-refractivity contribution in [3.05, 3.63) is 59.2 Å². The van der Waals surface area contributed by atoms with Gasteiger partial charge in [-0.15, -0.1) is 0 Å². The van der Waals surface area contributed by atoms with E-state index in [-0.39, 0.29) is 5.56 Å². The van der Waals surface area contributed by atoms with Gasteiger partial charge in [0.2, 0.25) is 0 Å². The van der Waals surface area contributed by atoms with E-state index < -0.39 is 11.6 Å². The third kappa shape index (κ3) is 5.61. The molecule has 2 aliphatic carbocycles. The number of benzene rings is 2. The van der Waals surface area contributed by atoms with Gasteiger partial charge in [0.05, 0.1) is 0 Å². The van der Waals surface area contributed by atoms with Crippen LogP contribution in [0.5, 0.6) is 0 Å². The van der Waals surface area contributed by atoms with Gasteiger partial charge in [-0.1, -0.05) is 69.7 Å². The van der Waals surface area contributed by atoms with Gasteiger partial charge in [-0.05, 0) is 97.9 Å². The minimum absolute atomic E-state index is 0.0899. The van der Waals surface area contributed by atoms with Crippen LogP contribution in [0, 0.1) is 36.3 Å². The Kier molecular flexibility index (Phi) is 8.02. The minimum atomic E-state index is -0.475. The van der Waals surface area contributed by atoms with E-state index in [4.69, 9.17) is 0 Å². The van der Waals surface area contributed by atoms with Gasteiger partial charge in [-0.3, -0.25) is 0 Å². The van der Waals surface area contributed by atoms with Crippen LogP contribution in [0.4, 0.5) is 8.78 Å². The Balaban J connectivity index is 1.28. The molecule has 4 rings (SSSR count). The predicted molar refractivity (Wildman–Crippen MR) is 131 cm³/mol. The highest BCUT2D eigenvalue weighted by molar-refractivity contribution is 5.64. The van der Waals surface area contributed by atoms with Gasteiger partial charge in [0.25, 0.3) is 0 Å². The molecule has 2 saturated carbocycles. The highest BCUT2D eigenvalue weighted by atomic mass is 19.1. The number of halogens is 2. The zero-order valence-electron chi connectivity index (χ0n) is 20.0. The molecule has 2 fully saturated rings. The smallest absolute Gasteiger partial charge is 0.129 e. The van der Waals surface area contributed by atoms with Crippen molar-refractivity contribution in [3.63, 3.8) is 0 Å². The van der Waals surface area contributed by atoms with Crippen molar-refractivity contribution < 1.29 is 8.78 Å². The largest absolute Gasteiger partial charge is 0.207 e. The van der Waals surface area contributed by atoms with E-state index >= 15 is 0 Å². The fourth-order valence-corrected chi connectivity index (χ4v) is 6.31. The summed E-state index contributed by atoms with van der Waals surface area (Å²) in [6, 6.07) is 11.3. The predicted octanol–water partition coefficient (Wildman–Crippen LogP) is 9.60. The van der Waals surface area contributed by atoms with E-state index in [2.05, 4.69) is 19.1 Å². The molecule has 0 unspecified atom stereocenters. The fraction of sp³-hybridized carbons (Fsp3) is 0.600. The molecule has 0 atom stereocenters. The molecular formula is C30H40F2. The van der Waals surface area contributed by atoms with Crippen molar-refractivity contribution in [1.29, 1.82) is 0 Å². The molecule has 0 N–H and O–H groups in total. The van der Waals surface area contributed by atoms with E-state index in [9.17, 15) is 8.78 Å². The van der Waals surface area contributed by atoms with Gasteiger partial charge >= 0.3 is 0 Å². The highest BCUT2D eigenvalue weighted by Crippen LogP contribution is 2.44. The van der Waals surface area contributed by atoms with E-state index in [1.165, 1.54) is 102 Å². The van der Waals surface area contributed by atoms with E-state index in [1.54, 1.807) is 0 Å². The average Bonchev–Trinajstić information content (AvgIpc) is 2.83. The lowest BCUT2D eigenvalue weighted by molar-refractivity contribution is 0.155. The first-order chi connectivity index (χ1) is 15.5. The first kappa shape index (κ1) is 23.5. The summed E-state index contributed by atoms with van der Waals surface area (Å²) in [6.07, 6.45) is 16.8. The molecule has 0 radical (unpaired) electrons. The molecule has 2 aromatic carbocycles. The van der Waals surface area contributed by atoms with Gasteiger partial charge in [0.15, 0.2) is 0 Å². The minimum Gasteiger partial charge on any atom is -0.207 e. The zero-order chi connectivity index (χ0) is 22.5. The van der Waals surface area contributed by atoms with Crippen LogP contribution < -0.4 is 0 Å². The molecule has 2 aromatic rings. The van der Waals surface area contributed by atoms with Gasteiger partial charge in [0.1, 0.15) is 11.6 Å². The standard InChI is InChI=1S/C30H40F2/c1-3-4-5-6-22-7-9-23(10-8-22)24-11-13-25(14-12-24)26-15-17-27(18-16-26)28-19-29(31)21(2)30(32)20-28/h15-20,22-25H,3-14H2,1-2H3. The monoisotopic (exact) mass is 438 g/mol. The maximum absolute atomic E-state index is 13.9. The van der Waals surface area contributed by atoms with Crippen LogP contribution in [-0.2, 0) is 0 Å². The molecule has 0 amide bonds. The molecule has 0 bridgehead atoms. The maximum atomic E-state index is 13.9. The van der Waals surface area contributed by atoms with E-state index in [0.29, 0.717) is 11.5 Å². The number of hydrogen-bond donors (Lipinski definition) is 0. The van der Waals surface area contributed by atoms with Gasteiger partial charge in [-0.25, -0.2) is 8.78 Å². The third-order valence-electron chi connectivity index (χ3n) is 8.54. The second-order valence-electron chi connectivity index (χ2n) is 10.6. The van der Waals surface area contributed by atoms with Crippen molar-refractivity contribution in [2.75, 3.05) is 0 Å². The Morgan fingerprint density at radius 3 is 1.84 bits per heavy atom. The average molecular weight is 439 g/mol. The highest BCUT2D eigenvalue weighted by Gasteiger charge is 2.31. The molecule has 0 nitrogen and oxygen atoms in total. The van der Waals surface area contributed by atoms with Crippen LogP contribution in [0.3, 0.4) is 0 Å². The summed E-state index contributed by atoms with van der Waals surface area (Å²) in [4.78, 5) is 0. The van der Waals surface area contributed by atoms with Gasteiger partial charge in [-0.2, -0.15) is 0 Å². The second-order valence-corrected chi connectivity index (χ2v) is 10.6. The van der Waals surface area contributed by atoms with Crippen molar-refractivity contribution in [2.45, 2.75) is 96.8 Å². The molecule has 2 aliphatic rings. The summed E-state index contributed by atoms with van der Waals surface area (Å²) in [5.41, 5.74) is 2.98. The van der Waals surface area contributed by atoms with Crippen molar-refractivity contribution in [3.8, 4) is 11.1 Å². The topological polar surface area (TPSA) is 0 Å². The zero-order valence-corrected chi connectivity index (χ0v) is 20.0. The van der Waals surface area contributed by atoms with Crippen LogP contribution in [0.15, 0.2) is 36.4 Å². The van der Waals surface area contributed by atoms with Crippen LogP contribution in [0.25, 0.3) is 11.1 Å². The molecule has 174 valence electrons. The van der Waals surface area contributed by atoms with Gasteiger partial charge < -0.3 is 0 Å². The maximum Gasteiger partial charge on any atom is 0.129 e. The Bertz CT molecular complexity index is 830. The molecule has 0 saturated heterocycles. The van der Waals surface area contributed by atoms with Crippen LogP contribution >= 0.6 is 0 Å². The summed E-state index contributed by atoms with van der Waals surface area (Å²) in [6.45, 7) is 3.78. The summed E-state index contributed by atoms with van der Waals surface area (Å²) in [5, 5.41) is 0. The SMILES string of the molecule is CCCCCC1CCC(C2CCC(c3ccc(-c4cc(F)c(C)c(F)c4)cc3)CC2)CC1. The first-order valence-corrected chi connectivity index (χ1v) is 13.1. The Morgan fingerprint density at radius 2 is 1.28 bits per heavy atom. The lowest BCUT2D eigenvalue weighted by Gasteiger charge is -2.38. The van der Waals surface area contributed by atoms with Crippen molar-refractivity contribution in [2.24, 2.45) is 17.8 Å². The summed E-state index contributed by atoms with van der Waals surface area (Å²) in [7, 11) is 0. The molecule has 2 heteroatoms. The molecule has 0 aromatic heterocycles. The summed E-state index contributed by atoms with van der Waals surface area (Å²) < 4.78 is 27.9. The lowest BCUT2D eigenvalue weighted by atomic mass is 9.68. The fourth-order valence-electron chi connectivity index (χ4n) is 6.31. The second kappa shape index (κ2) is 10.9. The van der Waals surface area contributed by atoms with E-state index in [0.717, 1.165) is 23.3 Å². The summed E-state index contributed by atoms with van der Waals surface area (Å²) >= 11 is 0. The van der Waals surface area contributed by atoms with Crippen molar-refractivity contribution >= 4 is 0 Å².